The lowest BCUT2D eigenvalue weighted by molar-refractivity contribution is -0.141. The van der Waals surface area contributed by atoms with Crippen molar-refractivity contribution >= 4 is 58.5 Å². The van der Waals surface area contributed by atoms with Crippen molar-refractivity contribution < 1.29 is 60.5 Å². The summed E-state index contributed by atoms with van der Waals surface area (Å²) in [6.07, 6.45) is 1.47. The highest BCUT2D eigenvalue weighted by Crippen LogP contribution is 2.66. The maximum atomic E-state index is 15.1. The molecule has 17 heteroatoms. The number of likely N-dealkylation sites (tertiary alicyclic amines) is 1. The summed E-state index contributed by atoms with van der Waals surface area (Å²) in [6.45, 7) is -0.0597. The van der Waals surface area contributed by atoms with Crippen LogP contribution in [-0.4, -0.2) is 61.0 Å². The van der Waals surface area contributed by atoms with E-state index in [0.29, 0.717) is 12.8 Å². The number of rotatable bonds is 8. The number of alkyl halides is 2. The number of allylic oxidation sites excluding steroid dienone is 2. The van der Waals surface area contributed by atoms with Crippen molar-refractivity contribution in [3.8, 4) is 5.75 Å². The van der Waals surface area contributed by atoms with Gasteiger partial charge >= 0.3 is 5.97 Å². The molecule has 0 aromatic heterocycles. The lowest BCUT2D eigenvalue weighted by Crippen LogP contribution is -2.60. The quantitative estimate of drug-likeness (QED) is 0.0704. The van der Waals surface area contributed by atoms with E-state index in [0.717, 1.165) is 23.1 Å². The minimum absolute atomic E-state index is 0.0597. The van der Waals surface area contributed by atoms with E-state index in [1.165, 1.54) is 6.08 Å². The number of carboxylic acid groups (broad SMARTS) is 1. The molecule has 2 heterocycles. The second kappa shape index (κ2) is 12.0. The molecule has 3 fully saturated rings. The van der Waals surface area contributed by atoms with Crippen molar-refractivity contribution in [2.24, 2.45) is 17.8 Å². The molecule has 4 amide bonds. The van der Waals surface area contributed by atoms with Crippen LogP contribution in [0.25, 0.3) is 0 Å². The number of nitrogens with zero attached hydrogens (tertiary/aromatic N) is 2. The molecule has 6 rings (SSSR count). The summed E-state index contributed by atoms with van der Waals surface area (Å²) < 4.78 is 87.5. The topological polar surface area (TPSA) is 132 Å². The van der Waals surface area contributed by atoms with Gasteiger partial charge in [0, 0.05) is 18.9 Å². The number of anilines is 1. The third-order valence-corrected chi connectivity index (χ3v) is 11.3. The Bertz CT molecular complexity index is 1860. The highest BCUT2D eigenvalue weighted by atomic mass is 35.5. The van der Waals surface area contributed by atoms with Gasteiger partial charge in [-0.05, 0) is 49.3 Å². The minimum atomic E-state index is -2.82. The van der Waals surface area contributed by atoms with Gasteiger partial charge < -0.3 is 10.2 Å². The van der Waals surface area contributed by atoms with Crippen molar-refractivity contribution in [3.05, 3.63) is 70.3 Å². The monoisotopic (exact) mass is 732 g/mol. The summed E-state index contributed by atoms with van der Waals surface area (Å²) >= 11 is 13.9. The average molecular weight is 733 g/mol. The van der Waals surface area contributed by atoms with E-state index >= 15 is 8.78 Å². The van der Waals surface area contributed by atoms with Crippen LogP contribution in [0.2, 0.25) is 0 Å². The maximum Gasteiger partial charge on any atom is 0.303 e. The minimum Gasteiger partial charge on any atom is -0.505 e. The van der Waals surface area contributed by atoms with E-state index in [-0.39, 0.29) is 41.8 Å². The Morgan fingerprint density at radius 1 is 0.857 bits per heavy atom. The number of amides is 4. The molecule has 49 heavy (non-hydrogen) atoms. The predicted octanol–water partition coefficient (Wildman–Crippen LogP) is 5.44. The number of aromatic hydroxyl groups is 1. The Morgan fingerprint density at radius 2 is 1.49 bits per heavy atom. The summed E-state index contributed by atoms with van der Waals surface area (Å²) in [6, 6.07) is 2.75. The van der Waals surface area contributed by atoms with Crippen LogP contribution in [0.3, 0.4) is 0 Å². The number of carboxylic acids is 1. The van der Waals surface area contributed by atoms with Gasteiger partial charge in [-0.1, -0.05) is 24.1 Å². The van der Waals surface area contributed by atoms with Crippen molar-refractivity contribution in [1.82, 2.24) is 4.90 Å². The van der Waals surface area contributed by atoms with Gasteiger partial charge in [0.05, 0.1) is 11.8 Å². The van der Waals surface area contributed by atoms with E-state index in [4.69, 9.17) is 28.3 Å². The summed E-state index contributed by atoms with van der Waals surface area (Å²) in [5.41, 5.74) is -2.01. The second-order valence-corrected chi connectivity index (χ2v) is 13.7. The predicted molar refractivity (Wildman–Crippen MR) is 157 cm³/mol. The number of aliphatic carboxylic acids is 1. The number of phenolic OH excluding ortho intramolecular Hbond substituents is 1. The number of benzene rings is 2. The maximum absolute atomic E-state index is 15.1. The van der Waals surface area contributed by atoms with Gasteiger partial charge in [-0.2, -0.15) is 0 Å². The number of phenols is 1. The summed E-state index contributed by atoms with van der Waals surface area (Å²) in [4.78, 5) is 61.5. The number of carbonyl (C=O) groups is 5. The summed E-state index contributed by atoms with van der Waals surface area (Å²) in [5.74, 6) is -25.3. The Hall–Kier alpha value is -4.11. The molecule has 2 aliphatic carbocycles. The fourth-order valence-electron chi connectivity index (χ4n) is 7.65. The lowest BCUT2D eigenvalue weighted by atomic mass is 9.56. The van der Waals surface area contributed by atoms with Crippen LogP contribution in [0.15, 0.2) is 29.8 Å². The molecule has 6 atom stereocenters. The zero-order chi connectivity index (χ0) is 35.9. The number of carbonyl (C=O) groups excluding carboxylic acids is 4. The average Bonchev–Trinajstić information content (AvgIpc) is 3.38. The van der Waals surface area contributed by atoms with Crippen molar-refractivity contribution in [2.45, 2.75) is 54.2 Å². The Morgan fingerprint density at radius 3 is 2.10 bits per heavy atom. The number of fused-ring (bicyclic) bond motifs is 4. The third-order valence-electron chi connectivity index (χ3n) is 9.89. The van der Waals surface area contributed by atoms with Crippen LogP contribution in [0.1, 0.15) is 50.0 Å². The number of hydrogen-bond donors (Lipinski definition) is 2. The highest BCUT2D eigenvalue weighted by molar-refractivity contribution is 6.58. The molecular weight excluding hydrogens is 709 g/mol. The zero-order valence-corrected chi connectivity index (χ0v) is 26.4. The molecule has 2 saturated heterocycles. The number of imide groups is 2. The molecule has 0 radical (unpaired) electrons. The lowest BCUT2D eigenvalue weighted by Gasteiger charge is -2.50. The number of unbranched alkanes of at least 4 members (excludes halogenated alkanes) is 2. The first-order chi connectivity index (χ1) is 23.0. The van der Waals surface area contributed by atoms with Crippen LogP contribution in [0.4, 0.5) is 32.0 Å². The molecule has 2 aliphatic heterocycles. The molecule has 4 aliphatic rings. The van der Waals surface area contributed by atoms with Gasteiger partial charge in [-0.15, -0.1) is 23.2 Å². The van der Waals surface area contributed by atoms with Crippen LogP contribution in [0, 0.1) is 52.7 Å². The van der Waals surface area contributed by atoms with E-state index in [1.54, 1.807) is 0 Å². The number of halogens is 8. The van der Waals surface area contributed by atoms with Gasteiger partial charge in [0.25, 0.3) is 11.8 Å². The molecule has 2 aromatic rings. The molecule has 6 unspecified atom stereocenters. The molecule has 9 nitrogen and oxygen atoms in total. The Kier molecular flexibility index (Phi) is 8.54. The molecule has 0 spiro atoms. The first kappa shape index (κ1) is 34.7. The first-order valence-electron chi connectivity index (χ1n) is 15.0. The van der Waals surface area contributed by atoms with Crippen LogP contribution < -0.4 is 4.90 Å². The zero-order valence-electron chi connectivity index (χ0n) is 24.9. The molecular formula is C32H24Cl2F6N2O7. The molecule has 0 bridgehead atoms. The van der Waals surface area contributed by atoms with E-state index in [9.17, 15) is 46.6 Å². The van der Waals surface area contributed by atoms with E-state index in [2.05, 4.69) is 0 Å². The smallest absolute Gasteiger partial charge is 0.303 e. The molecule has 1 saturated carbocycles. The molecule has 2 aromatic carbocycles. The van der Waals surface area contributed by atoms with Crippen molar-refractivity contribution in [3.63, 3.8) is 0 Å². The first-order valence-corrected chi connectivity index (χ1v) is 15.8. The largest absolute Gasteiger partial charge is 0.505 e. The van der Waals surface area contributed by atoms with Gasteiger partial charge in [-0.25, -0.2) is 31.2 Å². The van der Waals surface area contributed by atoms with E-state index < -0.39 is 116 Å². The standard InChI is InChI=1S/C32H24Cl2F6N2O7/c33-31-11-15-13(6-7-14-19(15)28(47)41(27(14)46)9-3-1-2-4-18(44)45)20(12-5-8-17(43)16(35)10-12)32(31,34)30(49)42(29(31)48)26-24(39)22(37)21(36)23(38)25(26)40/h5-6,8,10,14-15,19-20,43H,1-4,7,9,11H2,(H,44,45). The van der Waals surface area contributed by atoms with Gasteiger partial charge in [-0.3, -0.25) is 28.9 Å². The Labute approximate surface area is 283 Å². The van der Waals surface area contributed by atoms with Gasteiger partial charge in [0.15, 0.2) is 44.6 Å². The fraction of sp³-hybridized carbons (Fsp3) is 0.406. The normalized spacial score (nSPS) is 29.3. The fourth-order valence-corrected chi connectivity index (χ4v) is 8.59. The van der Waals surface area contributed by atoms with E-state index in [1.807, 2.05) is 0 Å². The molecule has 2 N–H and O–H groups in total. The van der Waals surface area contributed by atoms with Gasteiger partial charge in [0.1, 0.15) is 5.69 Å². The molecule has 260 valence electrons. The van der Waals surface area contributed by atoms with Crippen LogP contribution in [0.5, 0.6) is 5.75 Å². The number of hydrogen-bond acceptors (Lipinski definition) is 6. The van der Waals surface area contributed by atoms with Crippen LogP contribution in [-0.2, 0) is 24.0 Å². The van der Waals surface area contributed by atoms with Gasteiger partial charge in [0.2, 0.25) is 17.6 Å². The Balaban J connectivity index is 1.47. The summed E-state index contributed by atoms with van der Waals surface area (Å²) in [5, 5.41) is 18.7. The SMILES string of the molecule is O=C(O)CCCCCN1C(=O)C2CC=C3C(CC4(Cl)C(=O)N(c5c(F)c(F)c(F)c(F)c5F)C(=O)C4(Cl)C3c3ccc(O)c(F)c3)C2C1=O. The third kappa shape index (κ3) is 4.86. The van der Waals surface area contributed by atoms with Crippen molar-refractivity contribution in [1.29, 1.82) is 0 Å². The van der Waals surface area contributed by atoms with Crippen LogP contribution >= 0.6 is 23.2 Å². The summed E-state index contributed by atoms with van der Waals surface area (Å²) in [7, 11) is 0. The highest BCUT2D eigenvalue weighted by Gasteiger charge is 2.77. The van der Waals surface area contributed by atoms with Crippen molar-refractivity contribution in [2.75, 3.05) is 11.4 Å². The second-order valence-electron chi connectivity index (χ2n) is 12.4.